The van der Waals surface area contributed by atoms with Gasteiger partial charge in [-0.05, 0) is 60.2 Å². The van der Waals surface area contributed by atoms with Crippen molar-refractivity contribution in [3.63, 3.8) is 0 Å². The van der Waals surface area contributed by atoms with Crippen LogP contribution < -0.4 is 0 Å². The molecule has 0 aliphatic rings. The second kappa shape index (κ2) is 9.34. The molecule has 0 unspecified atom stereocenters. The van der Waals surface area contributed by atoms with Crippen LogP contribution >= 0.6 is 0 Å². The summed E-state index contributed by atoms with van der Waals surface area (Å²) in [5, 5.41) is 0. The van der Waals surface area contributed by atoms with Gasteiger partial charge in [0.1, 0.15) is 5.78 Å². The number of ketones is 1. The fourth-order valence-corrected chi connectivity index (χ4v) is 3.50. The maximum atomic E-state index is 13.6. The normalized spacial score (nSPS) is 11.8. The number of alkyl halides is 2. The molecular weight excluding hydrogens is 392 g/mol. The molecule has 0 bridgehead atoms. The van der Waals surface area contributed by atoms with E-state index in [0.717, 1.165) is 40.3 Å². The predicted molar refractivity (Wildman–Crippen MR) is 123 cm³/mol. The van der Waals surface area contributed by atoms with E-state index < -0.39 is 5.92 Å². The van der Waals surface area contributed by atoms with E-state index in [2.05, 4.69) is 4.99 Å². The molecule has 0 aliphatic carbocycles. The van der Waals surface area contributed by atoms with Crippen LogP contribution in [0.5, 0.6) is 0 Å². The van der Waals surface area contributed by atoms with E-state index in [4.69, 9.17) is 0 Å². The number of benzene rings is 3. The zero-order valence-electron chi connectivity index (χ0n) is 18.4. The molecule has 0 radical (unpaired) electrons. The number of rotatable bonds is 7. The summed E-state index contributed by atoms with van der Waals surface area (Å²) in [6.45, 7) is 6.78. The van der Waals surface area contributed by atoms with Gasteiger partial charge in [0.05, 0.1) is 5.69 Å². The molecule has 0 aliphatic heterocycles. The average molecular weight is 420 g/mol. The van der Waals surface area contributed by atoms with E-state index in [9.17, 15) is 13.6 Å². The fraction of sp³-hybridized carbons (Fsp3) is 0.259. The van der Waals surface area contributed by atoms with Crippen LogP contribution in [0.2, 0.25) is 0 Å². The molecule has 0 amide bonds. The van der Waals surface area contributed by atoms with E-state index in [1.165, 1.54) is 12.1 Å². The molecule has 0 N–H and O–H groups in total. The van der Waals surface area contributed by atoms with Crippen LogP contribution in [0.4, 0.5) is 14.5 Å². The lowest BCUT2D eigenvalue weighted by Crippen LogP contribution is -2.09. The largest absolute Gasteiger partial charge is 0.299 e. The van der Waals surface area contributed by atoms with Crippen LogP contribution in [0.15, 0.2) is 65.7 Å². The lowest BCUT2D eigenvalue weighted by Gasteiger charge is -2.12. The Morgan fingerprint density at radius 1 is 0.903 bits per heavy atom. The van der Waals surface area contributed by atoms with Gasteiger partial charge < -0.3 is 0 Å². The highest BCUT2D eigenvalue weighted by Gasteiger charge is 2.24. The third-order valence-corrected chi connectivity index (χ3v) is 5.47. The topological polar surface area (TPSA) is 29.4 Å². The van der Waals surface area contributed by atoms with Crippen molar-refractivity contribution in [3.8, 4) is 0 Å². The Labute approximate surface area is 182 Å². The monoisotopic (exact) mass is 419 g/mol. The smallest absolute Gasteiger partial charge is 0.270 e. The van der Waals surface area contributed by atoms with E-state index in [1.807, 2.05) is 63.2 Å². The van der Waals surface area contributed by atoms with Crippen LogP contribution in [0.1, 0.15) is 45.9 Å². The van der Waals surface area contributed by atoms with Crippen molar-refractivity contribution < 1.29 is 13.6 Å². The molecule has 4 heteroatoms. The molecule has 0 saturated carbocycles. The number of Topliss-reactive ketones (excluding diaryl/α,β-unsaturated/α-hetero) is 1. The van der Waals surface area contributed by atoms with Crippen LogP contribution in [-0.4, -0.2) is 12.0 Å². The van der Waals surface area contributed by atoms with Crippen LogP contribution in [0, 0.1) is 20.8 Å². The van der Waals surface area contributed by atoms with Crippen molar-refractivity contribution in [2.75, 3.05) is 0 Å². The predicted octanol–water partition coefficient (Wildman–Crippen LogP) is 6.83. The van der Waals surface area contributed by atoms with E-state index in [-0.39, 0.29) is 11.3 Å². The lowest BCUT2D eigenvalue weighted by atomic mass is 9.95. The van der Waals surface area contributed by atoms with Gasteiger partial charge in [0.15, 0.2) is 0 Å². The van der Waals surface area contributed by atoms with Crippen molar-refractivity contribution in [2.24, 2.45) is 4.99 Å². The van der Waals surface area contributed by atoms with Crippen LogP contribution in [-0.2, 0) is 23.6 Å². The first-order valence-electron chi connectivity index (χ1n) is 10.3. The summed E-state index contributed by atoms with van der Waals surface area (Å²) >= 11 is 0. The molecule has 3 aromatic rings. The van der Waals surface area contributed by atoms with Gasteiger partial charge in [-0.1, -0.05) is 54.6 Å². The first kappa shape index (κ1) is 22.5. The molecule has 0 atom stereocenters. The molecule has 0 aromatic heterocycles. The summed E-state index contributed by atoms with van der Waals surface area (Å²) < 4.78 is 27.2. The van der Waals surface area contributed by atoms with Crippen molar-refractivity contribution in [1.82, 2.24) is 0 Å². The van der Waals surface area contributed by atoms with Gasteiger partial charge in [-0.2, -0.15) is 0 Å². The first-order chi connectivity index (χ1) is 14.6. The second-order valence-corrected chi connectivity index (χ2v) is 8.15. The highest BCUT2D eigenvalue weighted by Crippen LogP contribution is 2.31. The lowest BCUT2D eigenvalue weighted by molar-refractivity contribution is -0.117. The zero-order chi connectivity index (χ0) is 22.6. The summed E-state index contributed by atoms with van der Waals surface area (Å²) in [5.41, 5.74) is 6.47. The van der Waals surface area contributed by atoms with Crippen LogP contribution in [0.3, 0.4) is 0 Å². The van der Waals surface area contributed by atoms with E-state index in [1.54, 1.807) is 12.3 Å². The highest BCUT2D eigenvalue weighted by molar-refractivity contribution is 5.85. The molecule has 31 heavy (non-hydrogen) atoms. The quantitative estimate of drug-likeness (QED) is 0.386. The van der Waals surface area contributed by atoms with Crippen molar-refractivity contribution in [3.05, 3.63) is 99.6 Å². The Kier molecular flexibility index (Phi) is 6.79. The van der Waals surface area contributed by atoms with Crippen molar-refractivity contribution in [1.29, 1.82) is 0 Å². The number of carbonyl (C=O) groups is 1. The first-order valence-corrected chi connectivity index (χ1v) is 10.3. The minimum atomic E-state index is -2.90. The molecule has 0 heterocycles. The van der Waals surface area contributed by atoms with Gasteiger partial charge in [0, 0.05) is 31.5 Å². The molecule has 3 aromatic carbocycles. The molecule has 0 fully saturated rings. The van der Waals surface area contributed by atoms with E-state index in [0.29, 0.717) is 18.5 Å². The third-order valence-electron chi connectivity index (χ3n) is 5.47. The number of hydrogen-bond donors (Lipinski definition) is 0. The van der Waals surface area contributed by atoms with Crippen LogP contribution in [0.25, 0.3) is 0 Å². The van der Waals surface area contributed by atoms with Gasteiger partial charge in [-0.3, -0.25) is 9.79 Å². The Morgan fingerprint density at radius 2 is 1.55 bits per heavy atom. The summed E-state index contributed by atoms with van der Waals surface area (Å²) in [7, 11) is 0. The Morgan fingerprint density at radius 3 is 2.16 bits per heavy atom. The molecule has 3 rings (SSSR count). The minimum absolute atomic E-state index is 0.0528. The summed E-state index contributed by atoms with van der Waals surface area (Å²) in [4.78, 5) is 16.9. The molecular formula is C27H27F2NO. The van der Waals surface area contributed by atoms with Gasteiger partial charge >= 0.3 is 0 Å². The average Bonchev–Trinajstić information content (AvgIpc) is 2.70. The number of hydrogen-bond acceptors (Lipinski definition) is 2. The number of nitrogens with zero attached hydrogens (tertiary/aromatic N) is 1. The van der Waals surface area contributed by atoms with Gasteiger partial charge in [0.2, 0.25) is 0 Å². The van der Waals surface area contributed by atoms with Gasteiger partial charge in [-0.25, -0.2) is 8.78 Å². The fourth-order valence-electron chi connectivity index (χ4n) is 3.50. The number of aliphatic imine (C=N–C) groups is 1. The standard InChI is InChI=1S/C27H27F2NO/c1-18-6-5-7-19(2)25(18)16-24(31)14-21-9-11-22(12-10-21)17-30-26-15-23(27(4,28)29)13-8-20(26)3/h5-13,15,17H,14,16H2,1-4H3. The molecule has 2 nitrogen and oxygen atoms in total. The van der Waals surface area contributed by atoms with Crippen molar-refractivity contribution in [2.45, 2.75) is 46.5 Å². The maximum Gasteiger partial charge on any atom is 0.270 e. The zero-order valence-corrected chi connectivity index (χ0v) is 18.4. The Hall–Kier alpha value is -3.14. The molecule has 0 spiro atoms. The molecule has 160 valence electrons. The summed E-state index contributed by atoms with van der Waals surface area (Å²) in [6.07, 6.45) is 2.46. The third kappa shape index (κ3) is 5.94. The van der Waals surface area contributed by atoms with Crippen molar-refractivity contribution >= 4 is 17.7 Å². The number of aryl methyl sites for hydroxylation is 3. The van der Waals surface area contributed by atoms with Gasteiger partial charge in [0.25, 0.3) is 5.92 Å². The van der Waals surface area contributed by atoms with Gasteiger partial charge in [-0.15, -0.1) is 0 Å². The van der Waals surface area contributed by atoms with E-state index >= 15 is 0 Å². The Bertz CT molecular complexity index is 1090. The number of halogens is 2. The SMILES string of the molecule is Cc1ccc(C(C)(F)F)cc1N=Cc1ccc(CC(=O)Cc2c(C)cccc2C)cc1. The Balaban J connectivity index is 1.67. The summed E-state index contributed by atoms with van der Waals surface area (Å²) in [5.74, 6) is -2.73. The maximum absolute atomic E-state index is 13.6. The summed E-state index contributed by atoms with van der Waals surface area (Å²) in [6, 6.07) is 18.2. The molecule has 0 saturated heterocycles. The number of carbonyl (C=O) groups excluding carboxylic acids is 1. The minimum Gasteiger partial charge on any atom is -0.299 e. The second-order valence-electron chi connectivity index (χ2n) is 8.15. The highest BCUT2D eigenvalue weighted by atomic mass is 19.3.